The van der Waals surface area contributed by atoms with Crippen molar-refractivity contribution in [3.8, 4) is 0 Å². The van der Waals surface area contributed by atoms with Gasteiger partial charge in [-0.1, -0.05) is 0 Å². The molecule has 0 unspecified atom stereocenters. The quantitative estimate of drug-likeness (QED) is 0.741. The van der Waals surface area contributed by atoms with E-state index in [0.29, 0.717) is 22.5 Å². The fraction of sp³-hybridized carbons (Fsp3) is 0.231. The third-order valence-electron chi connectivity index (χ3n) is 3.15. The van der Waals surface area contributed by atoms with Crippen LogP contribution in [0.2, 0.25) is 5.28 Å². The summed E-state index contributed by atoms with van der Waals surface area (Å²) in [6.07, 6.45) is -2.03. The molecule has 3 rings (SSSR count). The predicted octanol–water partition coefficient (Wildman–Crippen LogP) is 3.04. The van der Waals surface area contributed by atoms with E-state index in [1.807, 2.05) is 0 Å². The Morgan fingerprint density at radius 1 is 1.22 bits per heavy atom. The molecule has 0 aliphatic heterocycles. The molecule has 0 aromatic carbocycles. The highest BCUT2D eigenvalue weighted by atomic mass is 35.5. The van der Waals surface area contributed by atoms with E-state index >= 15 is 0 Å². The lowest BCUT2D eigenvalue weighted by molar-refractivity contribution is -0.137. The van der Waals surface area contributed by atoms with Crippen LogP contribution in [0.25, 0.3) is 11.0 Å². The summed E-state index contributed by atoms with van der Waals surface area (Å²) in [5.74, 6) is 0.440. The highest BCUT2D eigenvalue weighted by Crippen LogP contribution is 2.28. The fourth-order valence-corrected chi connectivity index (χ4v) is 2.17. The molecule has 0 aliphatic carbocycles. The molecule has 0 fully saturated rings. The van der Waals surface area contributed by atoms with Crippen LogP contribution in [-0.4, -0.2) is 24.7 Å². The lowest BCUT2D eigenvalue weighted by Crippen LogP contribution is -2.08. The van der Waals surface area contributed by atoms with E-state index in [1.165, 1.54) is 6.07 Å². The zero-order valence-electron chi connectivity index (χ0n) is 11.8. The topological polar surface area (TPSA) is 68.5 Å². The number of hydrogen-bond acceptors (Lipinski definition) is 5. The molecule has 0 saturated heterocycles. The molecule has 1 N–H and O–H groups in total. The predicted molar refractivity (Wildman–Crippen MR) is 77.9 cm³/mol. The largest absolute Gasteiger partial charge is 0.417 e. The van der Waals surface area contributed by atoms with Crippen LogP contribution < -0.4 is 5.32 Å². The number of nitrogens with one attached hydrogen (secondary N) is 1. The van der Waals surface area contributed by atoms with Gasteiger partial charge in [-0.3, -0.25) is 9.67 Å². The monoisotopic (exact) mass is 342 g/mol. The molecular formula is C13H10ClF3N6. The van der Waals surface area contributed by atoms with Gasteiger partial charge in [-0.05, 0) is 23.7 Å². The Labute approximate surface area is 133 Å². The van der Waals surface area contributed by atoms with Gasteiger partial charge in [0.25, 0.3) is 0 Å². The van der Waals surface area contributed by atoms with Crippen LogP contribution in [0.3, 0.4) is 0 Å². The van der Waals surface area contributed by atoms with Gasteiger partial charge in [0.2, 0.25) is 5.28 Å². The van der Waals surface area contributed by atoms with Gasteiger partial charge >= 0.3 is 6.18 Å². The van der Waals surface area contributed by atoms with Crippen LogP contribution >= 0.6 is 11.6 Å². The third-order valence-corrected chi connectivity index (χ3v) is 3.32. The number of nitrogens with zero attached hydrogens (tertiary/aromatic N) is 5. The third kappa shape index (κ3) is 3.19. The van der Waals surface area contributed by atoms with Gasteiger partial charge in [0.05, 0.1) is 29.4 Å². The average molecular weight is 343 g/mol. The maximum Gasteiger partial charge on any atom is 0.417 e. The van der Waals surface area contributed by atoms with Gasteiger partial charge in [0.1, 0.15) is 5.82 Å². The molecule has 3 heterocycles. The summed E-state index contributed by atoms with van der Waals surface area (Å²) in [5, 5.41) is 7.75. The molecule has 0 spiro atoms. The van der Waals surface area contributed by atoms with Crippen molar-refractivity contribution in [3.63, 3.8) is 0 Å². The maximum atomic E-state index is 12.5. The molecule has 0 amide bonds. The summed E-state index contributed by atoms with van der Waals surface area (Å²) in [7, 11) is 1.72. The molecule has 3 aromatic rings. The van der Waals surface area contributed by atoms with Gasteiger partial charge in [-0.15, -0.1) is 0 Å². The maximum absolute atomic E-state index is 12.5. The molecule has 6 nitrogen and oxygen atoms in total. The summed E-state index contributed by atoms with van der Waals surface area (Å²) >= 11 is 5.86. The number of aryl methyl sites for hydroxylation is 1. The number of rotatable bonds is 3. The van der Waals surface area contributed by atoms with E-state index in [0.717, 1.165) is 12.3 Å². The van der Waals surface area contributed by atoms with Crippen molar-refractivity contribution in [2.75, 3.05) is 5.32 Å². The number of fused-ring (bicyclic) bond motifs is 1. The lowest BCUT2D eigenvalue weighted by atomic mass is 10.2. The minimum atomic E-state index is -4.40. The number of aromatic nitrogens is 5. The zero-order chi connectivity index (χ0) is 16.6. The number of pyridine rings is 1. The molecule has 0 atom stereocenters. The van der Waals surface area contributed by atoms with Crippen molar-refractivity contribution in [1.82, 2.24) is 24.7 Å². The number of halogens is 4. The Morgan fingerprint density at radius 3 is 2.65 bits per heavy atom. The minimum Gasteiger partial charge on any atom is -0.364 e. The highest BCUT2D eigenvalue weighted by molar-refractivity contribution is 6.28. The van der Waals surface area contributed by atoms with Crippen LogP contribution in [0.5, 0.6) is 0 Å². The summed E-state index contributed by atoms with van der Waals surface area (Å²) in [6, 6.07) is 2.29. The Hall–Kier alpha value is -2.42. The molecule has 23 heavy (non-hydrogen) atoms. The van der Waals surface area contributed by atoms with Crippen molar-refractivity contribution in [2.45, 2.75) is 12.7 Å². The summed E-state index contributed by atoms with van der Waals surface area (Å²) < 4.78 is 39.0. The van der Waals surface area contributed by atoms with Crippen molar-refractivity contribution in [1.29, 1.82) is 0 Å². The first-order chi connectivity index (χ1) is 10.8. The van der Waals surface area contributed by atoms with E-state index in [9.17, 15) is 13.2 Å². The average Bonchev–Trinajstić information content (AvgIpc) is 2.86. The Bertz CT molecular complexity index is 843. The Balaban J connectivity index is 1.81. The van der Waals surface area contributed by atoms with Gasteiger partial charge in [0, 0.05) is 13.2 Å². The first kappa shape index (κ1) is 15.5. The van der Waals surface area contributed by atoms with Gasteiger partial charge < -0.3 is 5.32 Å². The van der Waals surface area contributed by atoms with Gasteiger partial charge in [-0.25, -0.2) is 0 Å². The van der Waals surface area contributed by atoms with Gasteiger partial charge in [0.15, 0.2) is 5.65 Å². The van der Waals surface area contributed by atoms with E-state index in [1.54, 1.807) is 17.9 Å². The zero-order valence-corrected chi connectivity index (χ0v) is 12.5. The number of anilines is 1. The van der Waals surface area contributed by atoms with Crippen molar-refractivity contribution >= 4 is 28.5 Å². The molecular weight excluding hydrogens is 333 g/mol. The number of alkyl halides is 3. The fourth-order valence-electron chi connectivity index (χ4n) is 2.00. The van der Waals surface area contributed by atoms with E-state index in [4.69, 9.17) is 11.6 Å². The number of hydrogen-bond donors (Lipinski definition) is 1. The first-order valence-electron chi connectivity index (χ1n) is 6.46. The van der Waals surface area contributed by atoms with Crippen molar-refractivity contribution in [3.05, 3.63) is 41.1 Å². The summed E-state index contributed by atoms with van der Waals surface area (Å²) in [5.41, 5.74) is 0.193. The smallest absolute Gasteiger partial charge is 0.364 e. The van der Waals surface area contributed by atoms with E-state index in [2.05, 4.69) is 25.4 Å². The van der Waals surface area contributed by atoms with Crippen molar-refractivity contribution < 1.29 is 13.2 Å². The standard InChI is InChI=1S/C13H10ClF3N6/c1-23-11-9(6-20-23)10(21-12(14)22-11)19-5-8-3-2-7(4-18-8)13(15,16)17/h2-4,6H,5H2,1H3,(H,19,21,22). The Kier molecular flexibility index (Phi) is 3.80. The van der Waals surface area contributed by atoms with Crippen LogP contribution in [0.15, 0.2) is 24.5 Å². The van der Waals surface area contributed by atoms with Gasteiger partial charge in [-0.2, -0.15) is 28.2 Å². The normalized spacial score (nSPS) is 11.9. The molecule has 0 saturated carbocycles. The summed E-state index contributed by atoms with van der Waals surface area (Å²) in [4.78, 5) is 11.9. The first-order valence-corrected chi connectivity index (χ1v) is 6.83. The molecule has 3 aromatic heterocycles. The molecule has 0 radical (unpaired) electrons. The van der Waals surface area contributed by atoms with Crippen LogP contribution in [0.4, 0.5) is 19.0 Å². The summed E-state index contributed by atoms with van der Waals surface area (Å²) in [6.45, 7) is 0.190. The van der Waals surface area contributed by atoms with E-state index in [-0.39, 0.29) is 11.8 Å². The molecule has 0 bridgehead atoms. The second-order valence-electron chi connectivity index (χ2n) is 4.74. The molecule has 120 valence electrons. The second-order valence-corrected chi connectivity index (χ2v) is 5.07. The molecule has 10 heteroatoms. The SMILES string of the molecule is Cn1ncc2c(NCc3ccc(C(F)(F)F)cn3)nc(Cl)nc21. The highest BCUT2D eigenvalue weighted by Gasteiger charge is 2.30. The Morgan fingerprint density at radius 2 is 2.00 bits per heavy atom. The van der Waals surface area contributed by atoms with Crippen LogP contribution in [0.1, 0.15) is 11.3 Å². The van der Waals surface area contributed by atoms with Crippen molar-refractivity contribution in [2.24, 2.45) is 7.05 Å². The minimum absolute atomic E-state index is 0.0454. The second kappa shape index (κ2) is 5.65. The van der Waals surface area contributed by atoms with Crippen LogP contribution in [0, 0.1) is 0 Å². The van der Waals surface area contributed by atoms with E-state index < -0.39 is 11.7 Å². The van der Waals surface area contributed by atoms with Crippen LogP contribution in [-0.2, 0) is 19.8 Å². The lowest BCUT2D eigenvalue weighted by Gasteiger charge is -2.09. The molecule has 0 aliphatic rings.